The Morgan fingerprint density at radius 1 is 0.556 bits per heavy atom. The third kappa shape index (κ3) is 24.3. The molecule has 0 unspecified atom stereocenters. The van der Waals surface area contributed by atoms with Crippen LogP contribution in [0.5, 0.6) is 0 Å². The maximum Gasteiger partial charge on any atom is 0.305 e. The van der Waals surface area contributed by atoms with E-state index in [4.69, 9.17) is 18.0 Å². The van der Waals surface area contributed by atoms with E-state index in [2.05, 4.69) is 58.9 Å². The molecule has 0 rings (SSSR count). The first kappa shape index (κ1) is 36.0. The molecule has 5 nitrogen and oxygen atoms in total. The zero-order valence-electron chi connectivity index (χ0n) is 25.8. The van der Waals surface area contributed by atoms with Crippen LogP contribution in [0.4, 0.5) is 0 Å². The number of carbonyl (C=O) groups is 1. The highest BCUT2D eigenvalue weighted by molar-refractivity contribution is 6.70. The number of unbranched alkanes of at least 4 members (excludes halogenated alkanes) is 9. The van der Waals surface area contributed by atoms with E-state index >= 15 is 0 Å². The molecule has 36 heavy (non-hydrogen) atoms. The maximum absolute atomic E-state index is 11.3. The van der Waals surface area contributed by atoms with Gasteiger partial charge in [0, 0.05) is 13.0 Å². The average Bonchev–Trinajstić information content (AvgIpc) is 2.73. The molecule has 0 aromatic heterocycles. The predicted octanol–water partition coefficient (Wildman–Crippen LogP) is 8.91. The van der Waals surface area contributed by atoms with Crippen LogP contribution < -0.4 is 0 Å². The summed E-state index contributed by atoms with van der Waals surface area (Å²) in [5.41, 5.74) is 0. The molecule has 0 saturated heterocycles. The zero-order chi connectivity index (χ0) is 27.7. The Bertz CT molecular complexity index is 553. The molecule has 0 bridgehead atoms. The summed E-state index contributed by atoms with van der Waals surface area (Å²) in [5, 5.41) is 0. The average molecular weight is 563 g/mol. The summed E-state index contributed by atoms with van der Waals surface area (Å²) in [4.78, 5) is 11.3. The minimum atomic E-state index is -1.67. The van der Waals surface area contributed by atoms with Gasteiger partial charge in [-0.25, -0.2) is 0 Å². The van der Waals surface area contributed by atoms with Crippen LogP contribution in [0.3, 0.4) is 0 Å². The molecular weight excluding hydrogens is 501 g/mol. The molecule has 2 atom stereocenters. The lowest BCUT2D eigenvalue weighted by Crippen LogP contribution is -2.44. The van der Waals surface area contributed by atoms with Crippen LogP contribution in [-0.4, -0.2) is 56.8 Å². The number of methoxy groups -OCH3 is 1. The summed E-state index contributed by atoms with van der Waals surface area (Å²) in [6, 6.07) is 0. The number of esters is 1. The van der Waals surface area contributed by atoms with Gasteiger partial charge in [0.2, 0.25) is 0 Å². The number of ether oxygens (including phenoxy) is 1. The van der Waals surface area contributed by atoms with E-state index in [1.54, 1.807) is 0 Å². The molecule has 0 radical (unpaired) electrons. The first-order valence-electron chi connectivity index (χ1n) is 14.7. The summed E-state index contributed by atoms with van der Waals surface area (Å²) < 4.78 is 24.2. The van der Waals surface area contributed by atoms with E-state index in [0.717, 1.165) is 32.3 Å². The highest BCUT2D eigenvalue weighted by atomic mass is 28.4. The third-order valence-electron chi connectivity index (χ3n) is 5.94. The first-order chi connectivity index (χ1) is 16.6. The van der Waals surface area contributed by atoms with Gasteiger partial charge in [-0.2, -0.15) is 0 Å². The molecule has 0 aromatic rings. The van der Waals surface area contributed by atoms with Crippen LogP contribution in [0.25, 0.3) is 0 Å². The van der Waals surface area contributed by atoms with Crippen molar-refractivity contribution in [2.24, 2.45) is 0 Å². The summed E-state index contributed by atoms with van der Waals surface area (Å²) in [6.07, 6.45) is 16.3. The van der Waals surface area contributed by atoms with E-state index in [9.17, 15) is 4.79 Å². The lowest BCUT2D eigenvalue weighted by atomic mass is 9.99. The summed E-state index contributed by atoms with van der Waals surface area (Å²) in [7, 11) is -3.23. The number of hydrogen-bond donors (Lipinski definition) is 0. The normalized spacial score (nSPS) is 14.6. The van der Waals surface area contributed by atoms with Gasteiger partial charge in [0.1, 0.15) is 0 Å². The largest absolute Gasteiger partial charge is 0.469 e. The second kappa shape index (κ2) is 19.1. The molecule has 0 aliphatic carbocycles. The fourth-order valence-electron chi connectivity index (χ4n) is 4.33. The highest BCUT2D eigenvalue weighted by Gasteiger charge is 2.31. The van der Waals surface area contributed by atoms with Crippen LogP contribution in [0, 0.1) is 0 Å². The Morgan fingerprint density at radius 3 is 1.33 bits per heavy atom. The van der Waals surface area contributed by atoms with Gasteiger partial charge in [-0.05, 0) is 84.6 Å². The second-order valence-electron chi connectivity index (χ2n) is 13.3. The molecule has 0 amide bonds. The topological polar surface area (TPSA) is 54.0 Å². The van der Waals surface area contributed by atoms with Gasteiger partial charge in [0.15, 0.2) is 25.0 Å². The van der Waals surface area contributed by atoms with Crippen LogP contribution in [0.15, 0.2) is 0 Å². The van der Waals surface area contributed by atoms with E-state index in [-0.39, 0.29) is 18.2 Å². The smallest absolute Gasteiger partial charge is 0.305 e. The van der Waals surface area contributed by atoms with Gasteiger partial charge >= 0.3 is 5.97 Å². The molecule has 0 aliphatic rings. The van der Waals surface area contributed by atoms with Crippen molar-refractivity contribution in [3.8, 4) is 0 Å². The molecule has 0 aromatic carbocycles. The number of hydrogen-bond acceptors (Lipinski definition) is 5. The maximum atomic E-state index is 11.3. The van der Waals surface area contributed by atoms with Crippen molar-refractivity contribution in [1.82, 2.24) is 0 Å². The molecule has 0 heterocycles. The summed E-state index contributed by atoms with van der Waals surface area (Å²) >= 11 is 0. The van der Waals surface area contributed by atoms with Crippen LogP contribution in [0.2, 0.25) is 58.9 Å². The van der Waals surface area contributed by atoms with Crippen molar-refractivity contribution < 1.29 is 22.8 Å². The van der Waals surface area contributed by atoms with Gasteiger partial charge in [-0.15, -0.1) is 0 Å². The molecule has 0 aliphatic heterocycles. The van der Waals surface area contributed by atoms with Gasteiger partial charge in [-0.1, -0.05) is 57.8 Å². The monoisotopic (exact) mass is 562 g/mol. The fourth-order valence-corrected chi connectivity index (χ4v) is 7.44. The van der Waals surface area contributed by atoms with E-state index < -0.39 is 25.0 Å². The third-order valence-corrected chi connectivity index (χ3v) is 9.03. The molecule has 8 heteroatoms. The van der Waals surface area contributed by atoms with Crippen molar-refractivity contribution >= 4 is 30.9 Å². The van der Waals surface area contributed by atoms with Crippen molar-refractivity contribution in [2.75, 3.05) is 13.7 Å². The van der Waals surface area contributed by atoms with Crippen molar-refractivity contribution in [3.63, 3.8) is 0 Å². The van der Waals surface area contributed by atoms with E-state index in [1.165, 1.54) is 64.9 Å². The molecule has 0 fully saturated rings. The Balaban J connectivity index is 4.58. The molecule has 0 saturated carbocycles. The van der Waals surface area contributed by atoms with E-state index in [1.807, 2.05) is 0 Å². The van der Waals surface area contributed by atoms with Crippen molar-refractivity contribution in [2.45, 2.75) is 161 Å². The van der Waals surface area contributed by atoms with Gasteiger partial charge in [0.25, 0.3) is 0 Å². The lowest BCUT2D eigenvalue weighted by molar-refractivity contribution is -0.140. The van der Waals surface area contributed by atoms with Gasteiger partial charge < -0.3 is 18.0 Å². The Morgan fingerprint density at radius 2 is 0.944 bits per heavy atom. The summed E-state index contributed by atoms with van der Waals surface area (Å²) in [5.74, 6) is -0.0963. The standard InChI is InChI=1S/C28H62O5Si3/c1-30-28(29)24-20-16-13-15-19-23-27(33-36(8,9)10)26(32-35(5,6)7)22-18-14-11-12-17-21-25-31-34(2,3)4/h26-27H,11-25H2,1-10H3/t26-,27-/m0/s1. The SMILES string of the molecule is COC(=O)CCCCCCC[C@H](O[Si](C)(C)C)[C@H](CCCCCCCCO[Si](C)(C)C)O[Si](C)(C)C. The minimum Gasteiger partial charge on any atom is -0.469 e. The minimum absolute atomic E-state index is 0.0963. The Kier molecular flexibility index (Phi) is 19.1. The molecule has 216 valence electrons. The van der Waals surface area contributed by atoms with E-state index in [0.29, 0.717) is 6.42 Å². The lowest BCUT2D eigenvalue weighted by Gasteiger charge is -2.36. The first-order valence-corrected chi connectivity index (χ1v) is 24.9. The zero-order valence-corrected chi connectivity index (χ0v) is 28.8. The Labute approximate surface area is 228 Å². The second-order valence-corrected chi connectivity index (χ2v) is 26.7. The predicted molar refractivity (Wildman–Crippen MR) is 162 cm³/mol. The summed E-state index contributed by atoms with van der Waals surface area (Å²) in [6.45, 7) is 21.5. The fraction of sp³-hybridized carbons (Fsp3) is 0.964. The molecular formula is C28H62O5Si3. The van der Waals surface area contributed by atoms with Gasteiger partial charge in [0.05, 0.1) is 19.3 Å². The van der Waals surface area contributed by atoms with Crippen molar-refractivity contribution in [3.05, 3.63) is 0 Å². The van der Waals surface area contributed by atoms with Crippen LogP contribution >= 0.6 is 0 Å². The van der Waals surface area contributed by atoms with Gasteiger partial charge in [-0.3, -0.25) is 4.79 Å². The quantitative estimate of drug-likeness (QED) is 0.0707. The van der Waals surface area contributed by atoms with Crippen LogP contribution in [0.1, 0.15) is 89.9 Å². The number of rotatable bonds is 23. The Hall–Kier alpha value is 0.000649. The van der Waals surface area contributed by atoms with Crippen LogP contribution in [-0.2, 0) is 22.8 Å². The number of carbonyl (C=O) groups excluding carboxylic acids is 1. The van der Waals surface area contributed by atoms with Crippen molar-refractivity contribution in [1.29, 1.82) is 0 Å². The molecule has 0 N–H and O–H groups in total. The molecule has 0 spiro atoms. The highest BCUT2D eigenvalue weighted by Crippen LogP contribution is 2.25.